The molecule has 1 amide bonds. The predicted molar refractivity (Wildman–Crippen MR) is 103 cm³/mol. The van der Waals surface area contributed by atoms with Gasteiger partial charge in [0.1, 0.15) is 5.75 Å². The van der Waals surface area contributed by atoms with Crippen molar-refractivity contribution in [3.8, 4) is 5.75 Å². The molecule has 0 aliphatic carbocycles. The molecule has 0 heterocycles. The summed E-state index contributed by atoms with van der Waals surface area (Å²) in [5.41, 5.74) is 4.04. The minimum absolute atomic E-state index is 0.0162. The zero-order valence-corrected chi connectivity index (χ0v) is 16.5. The average Bonchev–Trinajstić information content (AvgIpc) is 2.43. The Hall–Kier alpha value is -1.81. The quantitative estimate of drug-likeness (QED) is 0.761. The fourth-order valence-electron chi connectivity index (χ4n) is 2.60. The van der Waals surface area contributed by atoms with Crippen LogP contribution in [0.5, 0.6) is 5.75 Å². The molecule has 2 rings (SSSR count). The van der Waals surface area contributed by atoms with E-state index in [0.29, 0.717) is 0 Å². The summed E-state index contributed by atoms with van der Waals surface area (Å²) >= 11 is 3.49. The molecule has 0 saturated heterocycles. The molecular weight excluding hydrogens is 366 g/mol. The lowest BCUT2D eigenvalue weighted by atomic mass is 9.86. The van der Waals surface area contributed by atoms with Crippen LogP contribution >= 0.6 is 15.9 Å². The third-order valence-electron chi connectivity index (χ3n) is 3.61. The van der Waals surface area contributed by atoms with Gasteiger partial charge in [0.2, 0.25) is 0 Å². The molecule has 0 aliphatic heterocycles. The van der Waals surface area contributed by atoms with Crippen molar-refractivity contribution in [3.05, 3.63) is 57.6 Å². The minimum atomic E-state index is -0.164. The van der Waals surface area contributed by atoms with Gasteiger partial charge in [-0.15, -0.1) is 0 Å². The largest absolute Gasteiger partial charge is 0.483 e. The number of halogens is 1. The third kappa shape index (κ3) is 5.10. The molecule has 0 aliphatic rings. The second-order valence-electron chi connectivity index (χ2n) is 7.10. The van der Waals surface area contributed by atoms with Gasteiger partial charge in [0.15, 0.2) is 6.61 Å². The summed E-state index contributed by atoms with van der Waals surface area (Å²) in [7, 11) is 0. The van der Waals surface area contributed by atoms with E-state index in [-0.39, 0.29) is 17.9 Å². The van der Waals surface area contributed by atoms with E-state index < -0.39 is 0 Å². The average molecular weight is 390 g/mol. The Kier molecular flexibility index (Phi) is 5.70. The number of nitrogens with one attached hydrogen (secondary N) is 1. The van der Waals surface area contributed by atoms with Crippen LogP contribution < -0.4 is 10.1 Å². The molecule has 3 nitrogen and oxygen atoms in total. The van der Waals surface area contributed by atoms with Gasteiger partial charge >= 0.3 is 0 Å². The molecule has 0 saturated carbocycles. The van der Waals surface area contributed by atoms with Crippen molar-refractivity contribution >= 4 is 27.5 Å². The molecule has 128 valence electrons. The number of ether oxygens (including phenoxy) is 1. The number of hydrogen-bond acceptors (Lipinski definition) is 2. The van der Waals surface area contributed by atoms with Crippen molar-refractivity contribution in [2.45, 2.75) is 40.0 Å². The van der Waals surface area contributed by atoms with E-state index in [1.165, 1.54) is 0 Å². The standard InChI is InChI=1S/C20H24BrNO2/c1-13-8-14(2)10-16(9-13)22-19(23)12-24-18-7-6-15(21)11-17(18)20(3,4)5/h6-11H,12H2,1-5H3,(H,22,23). The normalized spacial score (nSPS) is 11.2. The topological polar surface area (TPSA) is 38.3 Å². The molecule has 0 radical (unpaired) electrons. The van der Waals surface area contributed by atoms with Crippen LogP contribution in [0, 0.1) is 13.8 Å². The van der Waals surface area contributed by atoms with Crippen molar-refractivity contribution in [3.63, 3.8) is 0 Å². The molecule has 0 fully saturated rings. The summed E-state index contributed by atoms with van der Waals surface area (Å²) < 4.78 is 6.78. The van der Waals surface area contributed by atoms with Gasteiger partial charge in [0.25, 0.3) is 5.91 Å². The SMILES string of the molecule is Cc1cc(C)cc(NC(=O)COc2ccc(Br)cc2C(C)(C)C)c1. The van der Waals surface area contributed by atoms with Crippen LogP contribution in [0.15, 0.2) is 40.9 Å². The highest BCUT2D eigenvalue weighted by molar-refractivity contribution is 9.10. The Bertz CT molecular complexity index is 728. The zero-order valence-electron chi connectivity index (χ0n) is 14.9. The molecule has 24 heavy (non-hydrogen) atoms. The lowest BCUT2D eigenvalue weighted by molar-refractivity contribution is -0.118. The van der Waals surface area contributed by atoms with Crippen molar-refractivity contribution in [1.29, 1.82) is 0 Å². The van der Waals surface area contributed by atoms with Crippen LogP contribution in [0.4, 0.5) is 5.69 Å². The Morgan fingerprint density at radius 1 is 1.08 bits per heavy atom. The Balaban J connectivity index is 2.07. The molecule has 0 bridgehead atoms. The first-order valence-electron chi connectivity index (χ1n) is 7.96. The van der Waals surface area contributed by atoms with E-state index in [2.05, 4.69) is 48.1 Å². The minimum Gasteiger partial charge on any atom is -0.483 e. The number of aryl methyl sites for hydroxylation is 2. The lowest BCUT2D eigenvalue weighted by Crippen LogP contribution is -2.22. The summed E-state index contributed by atoms with van der Waals surface area (Å²) in [6.45, 7) is 10.4. The van der Waals surface area contributed by atoms with Crippen molar-refractivity contribution in [2.24, 2.45) is 0 Å². The van der Waals surface area contributed by atoms with Crippen LogP contribution in [-0.2, 0) is 10.2 Å². The number of benzene rings is 2. The fourth-order valence-corrected chi connectivity index (χ4v) is 2.96. The third-order valence-corrected chi connectivity index (χ3v) is 4.11. The van der Waals surface area contributed by atoms with Gasteiger partial charge in [-0.1, -0.05) is 42.8 Å². The van der Waals surface area contributed by atoms with Crippen LogP contribution in [0.3, 0.4) is 0 Å². The predicted octanol–water partition coefficient (Wildman–Crippen LogP) is 5.38. The summed E-state index contributed by atoms with van der Waals surface area (Å²) in [5.74, 6) is 0.573. The highest BCUT2D eigenvalue weighted by atomic mass is 79.9. The monoisotopic (exact) mass is 389 g/mol. The molecule has 0 atom stereocenters. The molecule has 0 aromatic heterocycles. The number of carbonyl (C=O) groups is 1. The lowest BCUT2D eigenvalue weighted by Gasteiger charge is -2.23. The number of carbonyl (C=O) groups excluding carboxylic acids is 1. The zero-order chi connectivity index (χ0) is 17.9. The first kappa shape index (κ1) is 18.5. The van der Waals surface area contributed by atoms with Crippen LogP contribution in [0.2, 0.25) is 0 Å². The summed E-state index contributed by atoms with van der Waals surface area (Å²) in [5, 5.41) is 2.89. The van der Waals surface area contributed by atoms with Crippen molar-refractivity contribution in [2.75, 3.05) is 11.9 Å². The van der Waals surface area contributed by atoms with Gasteiger partial charge < -0.3 is 10.1 Å². The molecule has 2 aromatic rings. The molecular formula is C20H24BrNO2. The van der Waals surface area contributed by atoms with Crippen LogP contribution in [0.1, 0.15) is 37.5 Å². The van der Waals surface area contributed by atoms with Crippen LogP contribution in [-0.4, -0.2) is 12.5 Å². The number of rotatable bonds is 4. The Morgan fingerprint density at radius 3 is 2.29 bits per heavy atom. The second kappa shape index (κ2) is 7.39. The highest BCUT2D eigenvalue weighted by Gasteiger charge is 2.20. The van der Waals surface area contributed by atoms with E-state index in [4.69, 9.17) is 4.74 Å². The maximum absolute atomic E-state index is 12.2. The van der Waals surface area contributed by atoms with E-state index >= 15 is 0 Å². The van der Waals surface area contributed by atoms with Gasteiger partial charge in [-0.2, -0.15) is 0 Å². The van der Waals surface area contributed by atoms with Gasteiger partial charge in [-0.25, -0.2) is 0 Å². The summed E-state index contributed by atoms with van der Waals surface area (Å²) in [6.07, 6.45) is 0. The first-order valence-corrected chi connectivity index (χ1v) is 8.75. The second-order valence-corrected chi connectivity index (χ2v) is 8.02. The molecule has 0 spiro atoms. The highest BCUT2D eigenvalue weighted by Crippen LogP contribution is 2.33. The number of anilines is 1. The summed E-state index contributed by atoms with van der Waals surface area (Å²) in [4.78, 5) is 12.2. The van der Waals surface area contributed by atoms with E-state index in [9.17, 15) is 4.79 Å². The molecule has 4 heteroatoms. The fraction of sp³-hybridized carbons (Fsp3) is 0.350. The van der Waals surface area contributed by atoms with E-state index in [0.717, 1.165) is 32.6 Å². The van der Waals surface area contributed by atoms with Crippen molar-refractivity contribution in [1.82, 2.24) is 0 Å². The first-order chi connectivity index (χ1) is 11.1. The van der Waals surface area contributed by atoms with Crippen LogP contribution in [0.25, 0.3) is 0 Å². The van der Waals surface area contributed by atoms with Gasteiger partial charge in [-0.05, 0) is 60.7 Å². The smallest absolute Gasteiger partial charge is 0.262 e. The Labute approximate surface area is 152 Å². The molecule has 2 aromatic carbocycles. The molecule has 1 N–H and O–H groups in total. The van der Waals surface area contributed by atoms with E-state index in [1.54, 1.807) is 0 Å². The van der Waals surface area contributed by atoms with Gasteiger partial charge in [-0.3, -0.25) is 4.79 Å². The van der Waals surface area contributed by atoms with E-state index in [1.807, 2.05) is 44.2 Å². The number of amides is 1. The molecule has 0 unspecified atom stereocenters. The maximum atomic E-state index is 12.2. The van der Waals surface area contributed by atoms with Gasteiger partial charge in [0.05, 0.1) is 0 Å². The Morgan fingerprint density at radius 2 is 1.71 bits per heavy atom. The van der Waals surface area contributed by atoms with Gasteiger partial charge in [0, 0.05) is 15.7 Å². The summed E-state index contributed by atoms with van der Waals surface area (Å²) in [6, 6.07) is 11.8. The number of hydrogen-bond donors (Lipinski definition) is 1. The maximum Gasteiger partial charge on any atom is 0.262 e. The van der Waals surface area contributed by atoms with Crippen molar-refractivity contribution < 1.29 is 9.53 Å².